The molecule has 0 unspecified atom stereocenters. The van der Waals surface area contributed by atoms with E-state index in [0.29, 0.717) is 5.56 Å². The van der Waals surface area contributed by atoms with Gasteiger partial charge in [0.15, 0.2) is 0 Å². The Hall–Kier alpha value is -1.22. The topological polar surface area (TPSA) is 12.9 Å². The van der Waals surface area contributed by atoms with Gasteiger partial charge in [-0.05, 0) is 6.07 Å². The highest BCUT2D eigenvalue weighted by Crippen LogP contribution is 2.25. The van der Waals surface area contributed by atoms with Crippen molar-refractivity contribution in [3.63, 3.8) is 0 Å². The molecule has 0 aliphatic rings. The Kier molecular flexibility index (Phi) is 1.87. The number of hydrogen-bond acceptors (Lipinski definition) is 2. The van der Waals surface area contributed by atoms with Crippen molar-refractivity contribution in [3.05, 3.63) is 41.8 Å². The van der Waals surface area contributed by atoms with E-state index in [1.54, 1.807) is 23.8 Å². The second-order valence-electron chi connectivity index (χ2n) is 2.35. The first-order chi connectivity index (χ1) is 5.88. The highest BCUT2D eigenvalue weighted by molar-refractivity contribution is 7.13. The van der Waals surface area contributed by atoms with Crippen LogP contribution < -0.4 is 0 Å². The molecule has 1 aromatic heterocycles. The number of hydrogen-bond donors (Lipinski definition) is 0. The predicted octanol–water partition coefficient (Wildman–Crippen LogP) is 2.95. The lowest BCUT2D eigenvalue weighted by atomic mass is 10.2. The highest BCUT2D eigenvalue weighted by atomic mass is 32.1. The molecule has 1 aromatic carbocycles. The zero-order valence-electron chi connectivity index (χ0n) is 6.20. The van der Waals surface area contributed by atoms with Gasteiger partial charge in [-0.15, -0.1) is 11.3 Å². The molecule has 2 aromatic rings. The first-order valence-corrected chi connectivity index (χ1v) is 4.39. The zero-order valence-corrected chi connectivity index (χ0v) is 7.01. The maximum absolute atomic E-state index is 13.1. The quantitative estimate of drug-likeness (QED) is 0.655. The van der Waals surface area contributed by atoms with E-state index in [9.17, 15) is 4.39 Å². The normalized spacial score (nSPS) is 10.1. The number of benzene rings is 1. The molecular formula is C9H6FNS. The molecule has 1 heterocycles. The van der Waals surface area contributed by atoms with Gasteiger partial charge in [-0.25, -0.2) is 4.39 Å². The van der Waals surface area contributed by atoms with Crippen LogP contribution in [0.25, 0.3) is 10.4 Å². The minimum Gasteiger partial charge on any atom is -0.252 e. The molecule has 0 aliphatic carbocycles. The Balaban J connectivity index is 2.55. The van der Waals surface area contributed by atoms with Crippen LogP contribution in [-0.2, 0) is 0 Å². The average Bonchev–Trinajstić information content (AvgIpc) is 2.57. The molecule has 0 spiro atoms. The van der Waals surface area contributed by atoms with Gasteiger partial charge in [0.25, 0.3) is 0 Å². The lowest BCUT2D eigenvalue weighted by Crippen LogP contribution is -1.78. The van der Waals surface area contributed by atoms with Gasteiger partial charge in [0.2, 0.25) is 0 Å². The van der Waals surface area contributed by atoms with Crippen LogP contribution in [0.1, 0.15) is 0 Å². The first kappa shape index (κ1) is 7.43. The summed E-state index contributed by atoms with van der Waals surface area (Å²) in [5.74, 6) is -0.193. The van der Waals surface area contributed by atoms with Crippen molar-refractivity contribution >= 4 is 11.3 Å². The third kappa shape index (κ3) is 1.23. The molecule has 0 bridgehead atoms. The highest BCUT2D eigenvalue weighted by Gasteiger charge is 2.03. The fraction of sp³-hybridized carbons (Fsp3) is 0. The summed E-state index contributed by atoms with van der Waals surface area (Å²) < 4.78 is 13.1. The molecule has 3 heteroatoms. The summed E-state index contributed by atoms with van der Waals surface area (Å²) in [6.07, 6.45) is 1.67. The van der Waals surface area contributed by atoms with Crippen molar-refractivity contribution in [1.29, 1.82) is 0 Å². The average molecular weight is 179 g/mol. The molecule has 0 atom stereocenters. The fourth-order valence-electron chi connectivity index (χ4n) is 1.01. The van der Waals surface area contributed by atoms with E-state index in [0.717, 1.165) is 4.88 Å². The number of aromatic nitrogens is 1. The van der Waals surface area contributed by atoms with Crippen molar-refractivity contribution in [2.75, 3.05) is 0 Å². The molecular weight excluding hydrogens is 173 g/mol. The van der Waals surface area contributed by atoms with Crippen LogP contribution in [0.4, 0.5) is 4.39 Å². The maximum atomic E-state index is 13.1. The molecule has 0 N–H and O–H groups in total. The van der Waals surface area contributed by atoms with Crippen molar-refractivity contribution < 1.29 is 4.39 Å². The Morgan fingerprint density at radius 2 is 2.08 bits per heavy atom. The Morgan fingerprint density at radius 1 is 1.25 bits per heavy atom. The van der Waals surface area contributed by atoms with Crippen LogP contribution in [0.2, 0.25) is 0 Å². The molecule has 0 saturated carbocycles. The maximum Gasteiger partial charge on any atom is 0.131 e. The summed E-state index contributed by atoms with van der Waals surface area (Å²) in [6.45, 7) is 0. The molecule has 0 amide bonds. The predicted molar refractivity (Wildman–Crippen MR) is 47.5 cm³/mol. The molecule has 0 saturated heterocycles. The summed E-state index contributed by atoms with van der Waals surface area (Å²) >= 11 is 1.44. The van der Waals surface area contributed by atoms with E-state index in [2.05, 4.69) is 4.98 Å². The van der Waals surface area contributed by atoms with Crippen molar-refractivity contribution in [2.45, 2.75) is 0 Å². The van der Waals surface area contributed by atoms with Gasteiger partial charge in [-0.3, -0.25) is 4.98 Å². The smallest absolute Gasteiger partial charge is 0.131 e. The molecule has 0 radical (unpaired) electrons. The Bertz CT molecular complexity index is 370. The molecule has 1 nitrogen and oxygen atoms in total. The van der Waals surface area contributed by atoms with Crippen molar-refractivity contribution in [1.82, 2.24) is 4.98 Å². The summed E-state index contributed by atoms with van der Waals surface area (Å²) in [4.78, 5) is 4.76. The van der Waals surface area contributed by atoms with Gasteiger partial charge in [0.1, 0.15) is 5.82 Å². The summed E-state index contributed by atoms with van der Waals surface area (Å²) in [5.41, 5.74) is 2.32. The molecule has 60 valence electrons. The lowest BCUT2D eigenvalue weighted by molar-refractivity contribution is 0.631. The Labute approximate surface area is 73.5 Å². The van der Waals surface area contributed by atoms with Crippen LogP contribution in [0, 0.1) is 5.82 Å². The second-order valence-corrected chi connectivity index (χ2v) is 3.23. The fourth-order valence-corrected chi connectivity index (χ4v) is 1.66. The van der Waals surface area contributed by atoms with Gasteiger partial charge in [-0.1, -0.05) is 18.2 Å². The van der Waals surface area contributed by atoms with E-state index in [1.165, 1.54) is 17.4 Å². The van der Waals surface area contributed by atoms with Crippen molar-refractivity contribution in [2.24, 2.45) is 0 Å². The van der Waals surface area contributed by atoms with E-state index >= 15 is 0 Å². The van der Waals surface area contributed by atoms with Gasteiger partial charge < -0.3 is 0 Å². The summed E-state index contributed by atoms with van der Waals surface area (Å²) in [5, 5.41) is 0. The molecule has 12 heavy (non-hydrogen) atoms. The van der Waals surface area contributed by atoms with E-state index in [1.807, 2.05) is 6.07 Å². The lowest BCUT2D eigenvalue weighted by Gasteiger charge is -1.96. The largest absolute Gasteiger partial charge is 0.252 e. The van der Waals surface area contributed by atoms with Crippen molar-refractivity contribution in [3.8, 4) is 10.4 Å². The van der Waals surface area contributed by atoms with Crippen LogP contribution in [-0.4, -0.2) is 4.98 Å². The molecule has 0 aliphatic heterocycles. The molecule has 2 rings (SSSR count). The van der Waals surface area contributed by atoms with Gasteiger partial charge >= 0.3 is 0 Å². The Morgan fingerprint density at radius 3 is 2.75 bits per heavy atom. The van der Waals surface area contributed by atoms with E-state index in [-0.39, 0.29) is 5.82 Å². The minimum atomic E-state index is -0.193. The minimum absolute atomic E-state index is 0.193. The molecule has 0 fully saturated rings. The standard InChI is InChI=1S/C9H6FNS/c10-8-4-2-1-3-7(8)9-5-11-6-12-9/h1-6H. The zero-order chi connectivity index (χ0) is 8.39. The van der Waals surface area contributed by atoms with Crippen LogP contribution in [0.5, 0.6) is 0 Å². The summed E-state index contributed by atoms with van der Waals surface area (Å²) in [7, 11) is 0. The summed E-state index contributed by atoms with van der Waals surface area (Å²) in [6, 6.07) is 6.70. The van der Waals surface area contributed by atoms with E-state index < -0.39 is 0 Å². The van der Waals surface area contributed by atoms with Gasteiger partial charge in [0.05, 0.1) is 10.4 Å². The van der Waals surface area contributed by atoms with Crippen LogP contribution in [0.3, 0.4) is 0 Å². The number of rotatable bonds is 1. The van der Waals surface area contributed by atoms with Crippen LogP contribution >= 0.6 is 11.3 Å². The third-order valence-electron chi connectivity index (χ3n) is 1.57. The number of halogens is 1. The van der Waals surface area contributed by atoms with Crippen LogP contribution in [0.15, 0.2) is 36.0 Å². The van der Waals surface area contributed by atoms with E-state index in [4.69, 9.17) is 0 Å². The number of thiazole rings is 1. The second kappa shape index (κ2) is 3.03. The SMILES string of the molecule is Fc1ccccc1-c1cncs1. The monoisotopic (exact) mass is 179 g/mol. The van der Waals surface area contributed by atoms with Gasteiger partial charge in [-0.2, -0.15) is 0 Å². The third-order valence-corrected chi connectivity index (χ3v) is 2.38. The number of nitrogens with zero attached hydrogens (tertiary/aromatic N) is 1. The van der Waals surface area contributed by atoms with Gasteiger partial charge in [0, 0.05) is 11.8 Å². The first-order valence-electron chi connectivity index (χ1n) is 3.51.